The van der Waals surface area contributed by atoms with Gasteiger partial charge in [-0.15, -0.1) is 0 Å². The molecule has 0 aromatic heterocycles. The molecule has 0 saturated heterocycles. The Labute approximate surface area is 63.9 Å². The van der Waals surface area contributed by atoms with Crippen molar-refractivity contribution in [3.63, 3.8) is 0 Å². The largest absolute Gasteiger partial charge is 0.295 e. The van der Waals surface area contributed by atoms with E-state index >= 15 is 0 Å². The minimum atomic E-state index is 0.145. The molecule has 0 saturated carbocycles. The molecule has 0 aliphatic rings. The Morgan fingerprint density at radius 2 is 1.90 bits per heavy atom. The molecule has 0 aliphatic carbocycles. The van der Waals surface area contributed by atoms with Crippen LogP contribution in [0.25, 0.3) is 0 Å². The van der Waals surface area contributed by atoms with Crippen LogP contribution < -0.4 is 0 Å². The molecule has 0 aliphatic heterocycles. The van der Waals surface area contributed by atoms with Gasteiger partial charge in [0.25, 0.3) is 0 Å². The summed E-state index contributed by atoms with van der Waals surface area (Å²) in [5, 5.41) is 6.19. The summed E-state index contributed by atoms with van der Waals surface area (Å²) < 4.78 is 0. The Morgan fingerprint density at radius 1 is 1.40 bits per heavy atom. The molecule has 0 atom stereocenters. The van der Waals surface area contributed by atoms with Crippen LogP contribution in [0.1, 0.15) is 34.1 Å². The predicted molar refractivity (Wildman–Crippen MR) is 46.3 cm³/mol. The van der Waals surface area contributed by atoms with E-state index in [1.54, 1.807) is 0 Å². The van der Waals surface area contributed by atoms with Gasteiger partial charge >= 0.3 is 0 Å². The van der Waals surface area contributed by atoms with Crippen molar-refractivity contribution >= 4 is 6.21 Å². The highest BCUT2D eigenvalue weighted by molar-refractivity contribution is 5.56. The molecule has 2 heteroatoms. The van der Waals surface area contributed by atoms with E-state index < -0.39 is 0 Å². The van der Waals surface area contributed by atoms with Gasteiger partial charge in [0.05, 0.1) is 0 Å². The molecule has 0 amide bonds. The third-order valence-electron chi connectivity index (χ3n) is 1.41. The van der Waals surface area contributed by atoms with E-state index in [1.165, 1.54) is 0 Å². The fraction of sp³-hybridized carbons (Fsp3) is 0.875. The van der Waals surface area contributed by atoms with Gasteiger partial charge in [0.2, 0.25) is 0 Å². The third-order valence-corrected chi connectivity index (χ3v) is 1.41. The normalized spacial score (nSPS) is 12.5. The van der Waals surface area contributed by atoms with Gasteiger partial charge in [-0.2, -0.15) is 5.10 Å². The standard InChI is InChI=1S/C8H18N2/c1-6-7-9-10(5)8(2,3)4/h7H,6H2,1-5H3/b9-7-. The lowest BCUT2D eigenvalue weighted by atomic mass is 10.1. The average Bonchev–Trinajstić information content (AvgIpc) is 1.80. The van der Waals surface area contributed by atoms with Crippen LogP contribution in [0.4, 0.5) is 0 Å². The molecule has 0 spiro atoms. The molecule has 2 nitrogen and oxygen atoms in total. The van der Waals surface area contributed by atoms with Crippen molar-refractivity contribution in [2.75, 3.05) is 7.05 Å². The first-order valence-corrected chi connectivity index (χ1v) is 3.74. The summed E-state index contributed by atoms with van der Waals surface area (Å²) in [5.74, 6) is 0. The molecule has 0 fully saturated rings. The highest BCUT2D eigenvalue weighted by atomic mass is 15.5. The molecule has 0 N–H and O–H groups in total. The third kappa shape index (κ3) is 3.49. The van der Waals surface area contributed by atoms with E-state index in [1.807, 2.05) is 18.3 Å². The SMILES string of the molecule is CC/C=N\N(C)C(C)(C)C. The van der Waals surface area contributed by atoms with Crippen LogP contribution in [0.3, 0.4) is 0 Å². The summed E-state index contributed by atoms with van der Waals surface area (Å²) in [6.45, 7) is 8.50. The smallest absolute Gasteiger partial charge is 0.0491 e. The Hall–Kier alpha value is -0.530. The minimum Gasteiger partial charge on any atom is -0.295 e. The number of hydrogen-bond donors (Lipinski definition) is 0. The van der Waals surface area contributed by atoms with Gasteiger partial charge in [0.15, 0.2) is 0 Å². The zero-order valence-corrected chi connectivity index (χ0v) is 7.68. The van der Waals surface area contributed by atoms with Crippen molar-refractivity contribution in [2.24, 2.45) is 5.10 Å². The molecule has 0 aromatic carbocycles. The molecule has 0 rings (SSSR count). The number of rotatable bonds is 2. The second kappa shape index (κ2) is 3.59. The Bertz CT molecular complexity index is 111. The van der Waals surface area contributed by atoms with Gasteiger partial charge in [-0.1, -0.05) is 6.92 Å². The highest BCUT2D eigenvalue weighted by Crippen LogP contribution is 2.09. The van der Waals surface area contributed by atoms with Gasteiger partial charge in [0, 0.05) is 18.8 Å². The molecule has 0 unspecified atom stereocenters. The quantitative estimate of drug-likeness (QED) is 0.426. The number of hydrogen-bond acceptors (Lipinski definition) is 2. The number of nitrogens with zero attached hydrogens (tertiary/aromatic N) is 2. The average molecular weight is 142 g/mol. The summed E-state index contributed by atoms with van der Waals surface area (Å²) in [7, 11) is 1.99. The van der Waals surface area contributed by atoms with Crippen LogP contribution >= 0.6 is 0 Å². The summed E-state index contributed by atoms with van der Waals surface area (Å²) in [6.07, 6.45) is 2.92. The predicted octanol–water partition coefficient (Wildman–Crippen LogP) is 2.11. The van der Waals surface area contributed by atoms with Gasteiger partial charge in [-0.25, -0.2) is 0 Å². The van der Waals surface area contributed by atoms with E-state index in [0.29, 0.717) is 0 Å². The molecule has 0 heterocycles. The molecular formula is C8H18N2. The monoisotopic (exact) mass is 142 g/mol. The van der Waals surface area contributed by atoms with Crippen molar-refractivity contribution in [1.82, 2.24) is 5.01 Å². The maximum absolute atomic E-state index is 4.22. The Kier molecular flexibility index (Phi) is 3.40. The Morgan fingerprint density at radius 3 is 2.20 bits per heavy atom. The van der Waals surface area contributed by atoms with Crippen LogP contribution in [-0.4, -0.2) is 23.8 Å². The van der Waals surface area contributed by atoms with Crippen molar-refractivity contribution in [2.45, 2.75) is 39.7 Å². The zero-order chi connectivity index (χ0) is 8.20. The van der Waals surface area contributed by atoms with Crippen LogP contribution in [-0.2, 0) is 0 Å². The van der Waals surface area contributed by atoms with Crippen molar-refractivity contribution in [3.05, 3.63) is 0 Å². The minimum absolute atomic E-state index is 0.145. The topological polar surface area (TPSA) is 15.6 Å². The van der Waals surface area contributed by atoms with Crippen molar-refractivity contribution in [3.8, 4) is 0 Å². The van der Waals surface area contributed by atoms with Gasteiger partial charge in [-0.3, -0.25) is 5.01 Å². The maximum Gasteiger partial charge on any atom is 0.0491 e. The second-order valence-corrected chi connectivity index (χ2v) is 3.40. The van der Waals surface area contributed by atoms with E-state index in [2.05, 4.69) is 32.8 Å². The van der Waals surface area contributed by atoms with E-state index in [4.69, 9.17) is 0 Å². The molecule has 60 valence electrons. The molecular weight excluding hydrogens is 124 g/mol. The molecule has 0 bridgehead atoms. The number of hydrazone groups is 1. The van der Waals surface area contributed by atoms with Crippen molar-refractivity contribution in [1.29, 1.82) is 0 Å². The first kappa shape index (κ1) is 9.47. The van der Waals surface area contributed by atoms with E-state index in [-0.39, 0.29) is 5.54 Å². The van der Waals surface area contributed by atoms with E-state index in [9.17, 15) is 0 Å². The fourth-order valence-electron chi connectivity index (χ4n) is 0.377. The lowest BCUT2D eigenvalue weighted by molar-refractivity contribution is 0.184. The Balaban J connectivity index is 3.84. The van der Waals surface area contributed by atoms with Gasteiger partial charge < -0.3 is 0 Å². The second-order valence-electron chi connectivity index (χ2n) is 3.40. The van der Waals surface area contributed by atoms with Crippen molar-refractivity contribution < 1.29 is 0 Å². The van der Waals surface area contributed by atoms with Crippen LogP contribution in [0, 0.1) is 0 Å². The molecule has 0 radical (unpaired) electrons. The zero-order valence-electron chi connectivity index (χ0n) is 7.68. The summed E-state index contributed by atoms with van der Waals surface area (Å²) in [5.41, 5.74) is 0.145. The summed E-state index contributed by atoms with van der Waals surface area (Å²) in [6, 6.07) is 0. The van der Waals surface area contributed by atoms with Crippen LogP contribution in [0.15, 0.2) is 5.10 Å². The molecule has 0 aromatic rings. The lowest BCUT2D eigenvalue weighted by Gasteiger charge is -2.28. The fourth-order valence-corrected chi connectivity index (χ4v) is 0.377. The van der Waals surface area contributed by atoms with Crippen LogP contribution in [0.2, 0.25) is 0 Å². The molecule has 10 heavy (non-hydrogen) atoms. The summed E-state index contributed by atoms with van der Waals surface area (Å²) >= 11 is 0. The van der Waals surface area contributed by atoms with Crippen LogP contribution in [0.5, 0.6) is 0 Å². The van der Waals surface area contributed by atoms with E-state index in [0.717, 1.165) is 6.42 Å². The first-order valence-electron chi connectivity index (χ1n) is 3.74. The maximum atomic E-state index is 4.22. The first-order chi connectivity index (χ1) is 4.48. The van der Waals surface area contributed by atoms with Gasteiger partial charge in [-0.05, 0) is 27.2 Å². The summed E-state index contributed by atoms with van der Waals surface area (Å²) in [4.78, 5) is 0. The lowest BCUT2D eigenvalue weighted by Crippen LogP contribution is -2.33. The highest BCUT2D eigenvalue weighted by Gasteiger charge is 2.13. The van der Waals surface area contributed by atoms with Gasteiger partial charge in [0.1, 0.15) is 0 Å².